The topological polar surface area (TPSA) is 72.5 Å². The summed E-state index contributed by atoms with van der Waals surface area (Å²) in [4.78, 5) is 12.3. The SMILES string of the molecule is CCOC(=O)C[C@H](NS(=O)(=O)c1c(C)cc(C)cc1C)c1ccccc1Cl. The Hall–Kier alpha value is -1.89. The van der Waals surface area contributed by atoms with E-state index in [9.17, 15) is 13.2 Å². The molecule has 1 atom stereocenters. The lowest BCUT2D eigenvalue weighted by atomic mass is 10.1. The van der Waals surface area contributed by atoms with Crippen LogP contribution in [0.2, 0.25) is 5.02 Å². The molecule has 0 bridgehead atoms. The number of hydrogen-bond donors (Lipinski definition) is 1. The molecule has 0 spiro atoms. The molecular formula is C20H24ClNO4S. The molecule has 0 aliphatic rings. The van der Waals surface area contributed by atoms with Gasteiger partial charge in [-0.3, -0.25) is 4.79 Å². The Bertz CT molecular complexity index is 918. The van der Waals surface area contributed by atoms with Crippen LogP contribution in [0.25, 0.3) is 0 Å². The lowest BCUT2D eigenvalue weighted by Crippen LogP contribution is -2.32. The maximum absolute atomic E-state index is 13.1. The summed E-state index contributed by atoms with van der Waals surface area (Å²) in [6, 6.07) is 9.65. The molecular weight excluding hydrogens is 386 g/mol. The lowest BCUT2D eigenvalue weighted by molar-refractivity contribution is -0.143. The minimum atomic E-state index is -3.88. The monoisotopic (exact) mass is 409 g/mol. The Kier molecular flexibility index (Phi) is 7.03. The Morgan fingerprint density at radius 3 is 2.30 bits per heavy atom. The average Bonchev–Trinajstić information content (AvgIpc) is 2.53. The average molecular weight is 410 g/mol. The number of halogens is 1. The van der Waals surface area contributed by atoms with Gasteiger partial charge in [0.15, 0.2) is 0 Å². The van der Waals surface area contributed by atoms with Crippen LogP contribution in [0.3, 0.4) is 0 Å². The van der Waals surface area contributed by atoms with Crippen molar-refractivity contribution < 1.29 is 17.9 Å². The molecule has 2 rings (SSSR count). The Morgan fingerprint density at radius 1 is 1.15 bits per heavy atom. The molecule has 0 aliphatic carbocycles. The second-order valence-corrected chi connectivity index (χ2v) is 8.49. The van der Waals surface area contributed by atoms with E-state index in [1.165, 1.54) is 0 Å². The second-order valence-electron chi connectivity index (χ2n) is 6.43. The number of aryl methyl sites for hydroxylation is 3. The Morgan fingerprint density at radius 2 is 1.74 bits per heavy atom. The molecule has 0 amide bonds. The van der Waals surface area contributed by atoms with Gasteiger partial charge in [-0.05, 0) is 50.5 Å². The van der Waals surface area contributed by atoms with E-state index in [0.717, 1.165) is 5.56 Å². The van der Waals surface area contributed by atoms with Gasteiger partial charge in [-0.25, -0.2) is 13.1 Å². The third-order valence-corrected chi connectivity index (χ3v) is 6.25. The summed E-state index contributed by atoms with van der Waals surface area (Å²) >= 11 is 6.25. The maximum atomic E-state index is 13.1. The van der Waals surface area contributed by atoms with Crippen molar-refractivity contribution >= 4 is 27.6 Å². The van der Waals surface area contributed by atoms with Crippen LogP contribution in [0.5, 0.6) is 0 Å². The van der Waals surface area contributed by atoms with Crippen molar-refractivity contribution in [3.63, 3.8) is 0 Å². The van der Waals surface area contributed by atoms with Crippen molar-refractivity contribution in [3.8, 4) is 0 Å². The molecule has 27 heavy (non-hydrogen) atoms. The van der Waals surface area contributed by atoms with Crippen LogP contribution >= 0.6 is 11.6 Å². The van der Waals surface area contributed by atoms with Crippen LogP contribution in [0, 0.1) is 20.8 Å². The van der Waals surface area contributed by atoms with Gasteiger partial charge in [0.2, 0.25) is 10.0 Å². The maximum Gasteiger partial charge on any atom is 0.307 e. The third-order valence-electron chi connectivity index (χ3n) is 4.13. The fourth-order valence-electron chi connectivity index (χ4n) is 3.20. The van der Waals surface area contributed by atoms with Gasteiger partial charge in [0, 0.05) is 5.02 Å². The van der Waals surface area contributed by atoms with E-state index in [1.54, 1.807) is 45.0 Å². The molecule has 7 heteroatoms. The molecule has 5 nitrogen and oxygen atoms in total. The van der Waals surface area contributed by atoms with E-state index in [-0.39, 0.29) is 17.9 Å². The molecule has 0 radical (unpaired) electrons. The highest BCUT2D eigenvalue weighted by Gasteiger charge is 2.28. The van der Waals surface area contributed by atoms with Crippen LogP contribution < -0.4 is 4.72 Å². The standard InChI is InChI=1S/C20H24ClNO4S/c1-5-26-19(23)12-18(16-8-6-7-9-17(16)21)22-27(24,25)20-14(3)10-13(2)11-15(20)4/h6-11,18,22H,5,12H2,1-4H3/t18-/m0/s1. The second kappa shape index (κ2) is 8.87. The van der Waals surface area contributed by atoms with Gasteiger partial charge < -0.3 is 4.74 Å². The number of esters is 1. The minimum absolute atomic E-state index is 0.152. The van der Waals surface area contributed by atoms with E-state index in [1.807, 2.05) is 19.1 Å². The quantitative estimate of drug-likeness (QED) is 0.694. The van der Waals surface area contributed by atoms with Gasteiger partial charge in [-0.15, -0.1) is 0 Å². The van der Waals surface area contributed by atoms with Crippen LogP contribution in [0.15, 0.2) is 41.3 Å². The summed E-state index contributed by atoms with van der Waals surface area (Å²) in [6.45, 7) is 7.34. The van der Waals surface area contributed by atoms with E-state index in [2.05, 4.69) is 4.72 Å². The fraction of sp³-hybridized carbons (Fsp3) is 0.350. The predicted octanol–water partition coefficient (Wildman–Crippen LogP) is 4.24. The van der Waals surface area contributed by atoms with Crippen LogP contribution in [-0.2, 0) is 19.6 Å². The molecule has 0 saturated carbocycles. The summed E-state index contributed by atoms with van der Waals surface area (Å²) < 4.78 is 33.9. The number of benzene rings is 2. The van der Waals surface area contributed by atoms with Crippen LogP contribution in [-0.4, -0.2) is 21.0 Å². The summed E-state index contributed by atoms with van der Waals surface area (Å²) in [5.41, 5.74) is 2.81. The highest BCUT2D eigenvalue weighted by Crippen LogP contribution is 2.29. The molecule has 0 saturated heterocycles. The van der Waals surface area contributed by atoms with Gasteiger partial charge in [-0.2, -0.15) is 0 Å². The van der Waals surface area contributed by atoms with Gasteiger partial charge in [0.25, 0.3) is 0 Å². The molecule has 2 aromatic rings. The number of rotatable bonds is 7. The smallest absolute Gasteiger partial charge is 0.307 e. The fourth-order valence-corrected chi connectivity index (χ4v) is 5.13. The number of ether oxygens (including phenoxy) is 1. The minimum Gasteiger partial charge on any atom is -0.466 e. The summed E-state index contributed by atoms with van der Waals surface area (Å²) in [7, 11) is -3.88. The van der Waals surface area contributed by atoms with Crippen molar-refractivity contribution in [2.24, 2.45) is 0 Å². The molecule has 0 heterocycles. The number of carbonyl (C=O) groups is 1. The first kappa shape index (κ1) is 21.4. The molecule has 0 fully saturated rings. The van der Waals surface area contributed by atoms with Crippen molar-refractivity contribution in [3.05, 3.63) is 63.7 Å². The zero-order valence-corrected chi connectivity index (χ0v) is 17.4. The number of carbonyl (C=O) groups excluding carboxylic acids is 1. The van der Waals surface area contributed by atoms with Crippen molar-refractivity contribution in [2.75, 3.05) is 6.61 Å². The van der Waals surface area contributed by atoms with Crippen molar-refractivity contribution in [1.29, 1.82) is 0 Å². The first-order valence-electron chi connectivity index (χ1n) is 8.66. The van der Waals surface area contributed by atoms with Gasteiger partial charge in [-0.1, -0.05) is 47.5 Å². The van der Waals surface area contributed by atoms with Crippen molar-refractivity contribution in [1.82, 2.24) is 4.72 Å². The normalized spacial score (nSPS) is 12.6. The zero-order valence-electron chi connectivity index (χ0n) is 15.9. The summed E-state index contributed by atoms with van der Waals surface area (Å²) in [6.07, 6.45) is -0.152. The lowest BCUT2D eigenvalue weighted by Gasteiger charge is -2.21. The molecule has 2 aromatic carbocycles. The molecule has 0 unspecified atom stereocenters. The first-order valence-corrected chi connectivity index (χ1v) is 10.5. The summed E-state index contributed by atoms with van der Waals surface area (Å²) in [5, 5.41) is 0.381. The van der Waals surface area contributed by atoms with Crippen molar-refractivity contribution in [2.45, 2.75) is 45.1 Å². The third kappa shape index (κ3) is 5.31. The highest BCUT2D eigenvalue weighted by atomic mass is 35.5. The van der Waals surface area contributed by atoms with Gasteiger partial charge in [0.1, 0.15) is 0 Å². The highest BCUT2D eigenvalue weighted by molar-refractivity contribution is 7.89. The Labute approximate surface area is 165 Å². The van der Waals surface area contributed by atoms with Gasteiger partial charge >= 0.3 is 5.97 Å². The van der Waals surface area contributed by atoms with E-state index < -0.39 is 22.0 Å². The molecule has 0 aliphatic heterocycles. The first-order chi connectivity index (χ1) is 12.7. The number of nitrogens with one attached hydrogen (secondary N) is 1. The van der Waals surface area contributed by atoms with Crippen LogP contribution in [0.1, 0.15) is 41.6 Å². The summed E-state index contributed by atoms with van der Waals surface area (Å²) in [5.74, 6) is -0.498. The van der Waals surface area contributed by atoms with E-state index in [0.29, 0.717) is 21.7 Å². The molecule has 1 N–H and O–H groups in total. The number of sulfonamides is 1. The largest absolute Gasteiger partial charge is 0.466 e. The molecule has 146 valence electrons. The van der Waals surface area contributed by atoms with Crippen LogP contribution in [0.4, 0.5) is 0 Å². The predicted molar refractivity (Wildman–Crippen MR) is 106 cm³/mol. The van der Waals surface area contributed by atoms with Gasteiger partial charge in [0.05, 0.1) is 24.0 Å². The molecule has 0 aromatic heterocycles. The van der Waals surface area contributed by atoms with E-state index >= 15 is 0 Å². The number of hydrogen-bond acceptors (Lipinski definition) is 4. The van der Waals surface area contributed by atoms with E-state index in [4.69, 9.17) is 16.3 Å². The zero-order chi connectivity index (χ0) is 20.2. The Balaban J connectivity index is 2.45.